The van der Waals surface area contributed by atoms with Crippen molar-refractivity contribution < 1.29 is 24.2 Å². The van der Waals surface area contributed by atoms with E-state index in [1.165, 1.54) is 0 Å². The zero-order valence-corrected chi connectivity index (χ0v) is 29.2. The molecule has 0 saturated carbocycles. The monoisotopic (exact) mass is 712 g/mol. The number of aromatic nitrogens is 3. The number of hydrogen-bond donors (Lipinski definition) is 2. The molecule has 53 heavy (non-hydrogen) atoms. The van der Waals surface area contributed by atoms with Crippen molar-refractivity contribution in [3.8, 4) is 28.4 Å². The normalized spacial score (nSPS) is 20.0. The largest absolute Gasteiger partial charge is 0.507 e. The quantitative estimate of drug-likeness (QED) is 0.248. The molecule has 2 aromatic heterocycles. The highest BCUT2D eigenvalue weighted by Crippen LogP contribution is 2.43. The van der Waals surface area contributed by atoms with Crippen molar-refractivity contribution in [2.45, 2.75) is 37.8 Å². The number of piperazine rings is 1. The molecule has 3 amide bonds. The number of amides is 3. The van der Waals surface area contributed by atoms with Crippen molar-refractivity contribution in [3.05, 3.63) is 85.1 Å². The first-order valence-electron chi connectivity index (χ1n) is 18.3. The fourth-order valence-electron chi connectivity index (χ4n) is 8.32. The van der Waals surface area contributed by atoms with E-state index in [0.29, 0.717) is 56.4 Å². The highest BCUT2D eigenvalue weighted by molar-refractivity contribution is 6.02. The summed E-state index contributed by atoms with van der Waals surface area (Å²) < 4.78 is 8.25. The predicted octanol–water partition coefficient (Wildman–Crippen LogP) is 4.11. The Kier molecular flexibility index (Phi) is 8.42. The van der Waals surface area contributed by atoms with Gasteiger partial charge in [-0.15, -0.1) is 10.2 Å². The van der Waals surface area contributed by atoms with Crippen LogP contribution in [0.2, 0.25) is 0 Å². The predicted molar refractivity (Wildman–Crippen MR) is 201 cm³/mol. The number of phenolic OH excluding ortho intramolecular Hbond substituents is 1. The third kappa shape index (κ3) is 6.10. The van der Waals surface area contributed by atoms with E-state index in [9.17, 15) is 19.5 Å². The minimum absolute atomic E-state index is 0.0968. The number of benzene rings is 3. The maximum Gasteiger partial charge on any atom is 0.249 e. The number of nitrogens with one attached hydrogen (secondary N) is 1. The molecule has 1 unspecified atom stereocenters. The van der Waals surface area contributed by atoms with E-state index in [1.807, 2.05) is 76.3 Å². The number of ether oxygens (including phenoxy) is 1. The van der Waals surface area contributed by atoms with Crippen LogP contribution in [0.5, 0.6) is 11.5 Å². The highest BCUT2D eigenvalue weighted by Gasteiger charge is 2.37. The van der Waals surface area contributed by atoms with Gasteiger partial charge in [0.2, 0.25) is 17.7 Å². The molecule has 270 valence electrons. The fraction of sp³-hybridized carbons (Fsp3) is 0.325. The number of aromatic hydroxyl groups is 1. The SMILES string of the molecule is O=C1CCC(N2CCOc3c(N4CCC(N5CCN(c6ccc(-n7ccc8nnc(-c9ccccc9O)cc87)cc6)C(=O)C5)CC4)cccc32)C(=O)N1. The summed E-state index contributed by atoms with van der Waals surface area (Å²) in [5.74, 6) is 0.594. The number of carbonyl (C=O) groups excluding carboxylic acids is 3. The lowest BCUT2D eigenvalue weighted by Crippen LogP contribution is -2.56. The van der Waals surface area contributed by atoms with Crippen LogP contribution < -0.4 is 24.8 Å². The van der Waals surface area contributed by atoms with E-state index in [0.717, 1.165) is 72.0 Å². The van der Waals surface area contributed by atoms with Gasteiger partial charge in [0.1, 0.15) is 23.9 Å². The van der Waals surface area contributed by atoms with E-state index < -0.39 is 0 Å². The van der Waals surface area contributed by atoms with Gasteiger partial charge in [0.25, 0.3) is 0 Å². The van der Waals surface area contributed by atoms with Gasteiger partial charge in [-0.2, -0.15) is 0 Å². The Balaban J connectivity index is 0.836. The standard InChI is InChI=1S/C40H40N8O5/c49-36-7-2-1-4-29(36)31-24-35-30(42-43-31)16-19-46(35)27-8-10-28(11-9-27)47-21-20-45(25-38(47)51)26-14-17-44(18-15-26)32-5-3-6-33-39(32)53-23-22-48(33)34-12-13-37(50)41-40(34)52/h1-11,16,19,24,26,34,49H,12-15,17-18,20-23,25H2,(H,41,50,52). The molecular weight excluding hydrogens is 672 g/mol. The Bertz CT molecular complexity index is 2210. The van der Waals surface area contributed by atoms with E-state index in [2.05, 4.69) is 36.3 Å². The van der Waals surface area contributed by atoms with E-state index in [4.69, 9.17) is 4.74 Å². The van der Waals surface area contributed by atoms with Gasteiger partial charge in [-0.05, 0) is 79.9 Å². The van der Waals surface area contributed by atoms with Crippen molar-refractivity contribution in [1.29, 1.82) is 0 Å². The number of nitrogens with zero attached hydrogens (tertiary/aromatic N) is 7. The average Bonchev–Trinajstić information content (AvgIpc) is 3.61. The molecule has 13 heteroatoms. The highest BCUT2D eigenvalue weighted by atomic mass is 16.5. The molecule has 3 aromatic carbocycles. The maximum atomic E-state index is 13.5. The van der Waals surface area contributed by atoms with Crippen LogP contribution in [0.3, 0.4) is 0 Å². The summed E-state index contributed by atoms with van der Waals surface area (Å²) in [6, 6.07) is 25.0. The molecule has 0 radical (unpaired) electrons. The molecule has 2 N–H and O–H groups in total. The molecule has 0 spiro atoms. The van der Waals surface area contributed by atoms with Crippen molar-refractivity contribution in [1.82, 2.24) is 25.0 Å². The topological polar surface area (TPSA) is 136 Å². The molecule has 4 aliphatic heterocycles. The molecule has 13 nitrogen and oxygen atoms in total. The number of hydrogen-bond acceptors (Lipinski definition) is 10. The molecule has 9 rings (SSSR count). The van der Waals surface area contributed by atoms with Crippen molar-refractivity contribution >= 4 is 45.8 Å². The van der Waals surface area contributed by atoms with Crippen LogP contribution in [-0.2, 0) is 14.4 Å². The zero-order valence-electron chi connectivity index (χ0n) is 29.2. The number of phenols is 1. The van der Waals surface area contributed by atoms with Gasteiger partial charge in [-0.1, -0.05) is 18.2 Å². The number of anilines is 3. The van der Waals surface area contributed by atoms with Gasteiger partial charge in [-0.25, -0.2) is 0 Å². The Hall–Kier alpha value is -5.95. The van der Waals surface area contributed by atoms with E-state index >= 15 is 0 Å². The van der Waals surface area contributed by atoms with E-state index in [-0.39, 0.29) is 29.5 Å². The van der Waals surface area contributed by atoms with Crippen LogP contribution in [0.25, 0.3) is 28.0 Å². The average molecular weight is 713 g/mol. The Morgan fingerprint density at radius 3 is 2.38 bits per heavy atom. The van der Waals surface area contributed by atoms with Gasteiger partial charge in [0.05, 0.1) is 35.7 Å². The zero-order chi connectivity index (χ0) is 36.1. The molecule has 0 bridgehead atoms. The third-order valence-electron chi connectivity index (χ3n) is 11.1. The van der Waals surface area contributed by atoms with Crippen LogP contribution >= 0.6 is 0 Å². The van der Waals surface area contributed by atoms with Gasteiger partial charge in [0.15, 0.2) is 5.75 Å². The summed E-state index contributed by atoms with van der Waals surface area (Å²) in [5, 5.41) is 21.5. The maximum absolute atomic E-state index is 13.5. The smallest absolute Gasteiger partial charge is 0.249 e. The first kappa shape index (κ1) is 32.9. The number of piperidine rings is 2. The summed E-state index contributed by atoms with van der Waals surface area (Å²) in [6.07, 6.45) is 4.66. The fourth-order valence-corrected chi connectivity index (χ4v) is 8.32. The van der Waals surface area contributed by atoms with Gasteiger partial charge >= 0.3 is 0 Å². The number of rotatable bonds is 6. The minimum Gasteiger partial charge on any atom is -0.507 e. The second kappa shape index (κ2) is 13.6. The molecule has 3 fully saturated rings. The Labute approximate surface area is 306 Å². The lowest BCUT2D eigenvalue weighted by atomic mass is 10.00. The molecule has 1 atom stereocenters. The van der Waals surface area contributed by atoms with Crippen molar-refractivity contribution in [2.24, 2.45) is 0 Å². The van der Waals surface area contributed by atoms with Crippen LogP contribution in [0, 0.1) is 0 Å². The van der Waals surface area contributed by atoms with Crippen LogP contribution in [-0.4, -0.2) is 100 Å². The number of imide groups is 1. The molecule has 3 saturated heterocycles. The molecular formula is C40H40N8O5. The minimum atomic E-state index is -0.383. The van der Waals surface area contributed by atoms with Gasteiger partial charge in [0, 0.05) is 61.8 Å². The van der Waals surface area contributed by atoms with Crippen LogP contribution in [0.4, 0.5) is 17.1 Å². The Morgan fingerprint density at radius 2 is 1.58 bits per heavy atom. The summed E-state index contributed by atoms with van der Waals surface area (Å²) in [4.78, 5) is 46.7. The van der Waals surface area contributed by atoms with Crippen molar-refractivity contribution in [2.75, 3.05) is 60.6 Å². The summed E-state index contributed by atoms with van der Waals surface area (Å²) in [5.41, 5.74) is 6.57. The number of fused-ring (bicyclic) bond motifs is 2. The van der Waals surface area contributed by atoms with Gasteiger partial charge in [-0.3, -0.25) is 24.6 Å². The van der Waals surface area contributed by atoms with Crippen molar-refractivity contribution in [3.63, 3.8) is 0 Å². The summed E-state index contributed by atoms with van der Waals surface area (Å²) in [6.45, 7) is 4.57. The lowest BCUT2D eigenvalue weighted by molar-refractivity contribution is -0.134. The summed E-state index contributed by atoms with van der Waals surface area (Å²) >= 11 is 0. The molecule has 4 aliphatic rings. The number of carbonyl (C=O) groups is 3. The van der Waals surface area contributed by atoms with Crippen LogP contribution in [0.1, 0.15) is 25.7 Å². The first-order chi connectivity index (χ1) is 25.9. The molecule has 6 heterocycles. The molecule has 0 aliphatic carbocycles. The summed E-state index contributed by atoms with van der Waals surface area (Å²) in [7, 11) is 0. The Morgan fingerprint density at radius 1 is 0.792 bits per heavy atom. The lowest BCUT2D eigenvalue weighted by Gasteiger charge is -2.44. The third-order valence-corrected chi connectivity index (χ3v) is 11.1. The second-order valence-corrected chi connectivity index (χ2v) is 14.1. The number of para-hydroxylation sites is 2. The van der Waals surface area contributed by atoms with Gasteiger partial charge < -0.3 is 29.1 Å². The molecule has 5 aromatic rings. The second-order valence-electron chi connectivity index (χ2n) is 14.1. The van der Waals surface area contributed by atoms with E-state index in [1.54, 1.807) is 12.1 Å². The first-order valence-corrected chi connectivity index (χ1v) is 18.3. The van der Waals surface area contributed by atoms with Crippen LogP contribution in [0.15, 0.2) is 85.1 Å².